The standard InChI is InChI=1S/C9H11N3O4/c1-2-5(9(15)16)12-8(14)6-3-7(13)11-4-10-6/h3-5H,2H2,1H3,(H,12,14)(H,15,16)(H,10,11,13). The lowest BCUT2D eigenvalue weighted by molar-refractivity contribution is -0.139. The number of carboxylic acids is 1. The van der Waals surface area contributed by atoms with Gasteiger partial charge >= 0.3 is 5.97 Å². The molecule has 1 amide bonds. The van der Waals surface area contributed by atoms with Gasteiger partial charge in [-0.15, -0.1) is 0 Å². The summed E-state index contributed by atoms with van der Waals surface area (Å²) >= 11 is 0. The molecule has 86 valence electrons. The molecule has 7 nitrogen and oxygen atoms in total. The lowest BCUT2D eigenvalue weighted by Crippen LogP contribution is -2.40. The zero-order valence-corrected chi connectivity index (χ0v) is 8.56. The molecule has 1 heterocycles. The zero-order valence-electron chi connectivity index (χ0n) is 8.56. The van der Waals surface area contributed by atoms with E-state index < -0.39 is 23.5 Å². The third-order valence-corrected chi connectivity index (χ3v) is 1.92. The fourth-order valence-corrected chi connectivity index (χ4v) is 1.06. The van der Waals surface area contributed by atoms with Crippen LogP contribution in [0.15, 0.2) is 17.2 Å². The first kappa shape index (κ1) is 11.9. The number of hydrogen-bond acceptors (Lipinski definition) is 4. The molecule has 0 aromatic carbocycles. The highest BCUT2D eigenvalue weighted by molar-refractivity contribution is 5.94. The minimum Gasteiger partial charge on any atom is -0.480 e. The van der Waals surface area contributed by atoms with E-state index in [4.69, 9.17) is 5.11 Å². The number of H-pyrrole nitrogens is 1. The molecule has 1 atom stereocenters. The van der Waals surface area contributed by atoms with Crippen LogP contribution in [0.2, 0.25) is 0 Å². The third kappa shape index (κ3) is 2.91. The summed E-state index contributed by atoms with van der Waals surface area (Å²) in [5.41, 5.74) is -0.577. The molecule has 0 aliphatic heterocycles. The van der Waals surface area contributed by atoms with Gasteiger partial charge in [-0.05, 0) is 6.42 Å². The molecule has 0 aliphatic carbocycles. The summed E-state index contributed by atoms with van der Waals surface area (Å²) in [6.07, 6.45) is 1.34. The Labute approximate surface area is 90.5 Å². The first-order valence-corrected chi connectivity index (χ1v) is 4.63. The van der Waals surface area contributed by atoms with Crippen LogP contribution in [-0.2, 0) is 4.79 Å². The molecular formula is C9H11N3O4. The van der Waals surface area contributed by atoms with Crippen LogP contribution in [0.5, 0.6) is 0 Å². The van der Waals surface area contributed by atoms with Crippen LogP contribution in [0, 0.1) is 0 Å². The van der Waals surface area contributed by atoms with Crippen LogP contribution < -0.4 is 10.9 Å². The fourth-order valence-electron chi connectivity index (χ4n) is 1.06. The number of amides is 1. The minimum absolute atomic E-state index is 0.108. The number of carbonyl (C=O) groups is 2. The van der Waals surface area contributed by atoms with Gasteiger partial charge < -0.3 is 15.4 Å². The number of nitrogens with one attached hydrogen (secondary N) is 2. The van der Waals surface area contributed by atoms with Gasteiger partial charge in [0.25, 0.3) is 11.5 Å². The van der Waals surface area contributed by atoms with Gasteiger partial charge in [0.2, 0.25) is 0 Å². The number of carboxylic acid groups (broad SMARTS) is 1. The van der Waals surface area contributed by atoms with Crippen LogP contribution >= 0.6 is 0 Å². The first-order chi connectivity index (χ1) is 7.54. The van der Waals surface area contributed by atoms with Crippen molar-refractivity contribution in [1.29, 1.82) is 0 Å². The largest absolute Gasteiger partial charge is 0.480 e. The maximum absolute atomic E-state index is 11.5. The monoisotopic (exact) mass is 225 g/mol. The lowest BCUT2D eigenvalue weighted by Gasteiger charge is -2.11. The molecule has 1 unspecified atom stereocenters. The fraction of sp³-hybridized carbons (Fsp3) is 0.333. The Morgan fingerprint density at radius 1 is 1.62 bits per heavy atom. The van der Waals surface area contributed by atoms with E-state index in [0.29, 0.717) is 0 Å². The average Bonchev–Trinajstić information content (AvgIpc) is 2.25. The van der Waals surface area contributed by atoms with E-state index in [1.165, 1.54) is 0 Å². The van der Waals surface area contributed by atoms with Crippen molar-refractivity contribution in [3.8, 4) is 0 Å². The second-order valence-corrected chi connectivity index (χ2v) is 3.07. The topological polar surface area (TPSA) is 112 Å². The highest BCUT2D eigenvalue weighted by Crippen LogP contribution is 1.94. The van der Waals surface area contributed by atoms with Crippen LogP contribution in [0.1, 0.15) is 23.8 Å². The van der Waals surface area contributed by atoms with Crippen LogP contribution in [0.3, 0.4) is 0 Å². The van der Waals surface area contributed by atoms with Crippen molar-refractivity contribution in [3.63, 3.8) is 0 Å². The highest BCUT2D eigenvalue weighted by atomic mass is 16.4. The Balaban J connectivity index is 2.79. The summed E-state index contributed by atoms with van der Waals surface area (Å²) in [5, 5.41) is 11.0. The molecule has 7 heteroatoms. The molecule has 1 aromatic heterocycles. The summed E-state index contributed by atoms with van der Waals surface area (Å²) in [7, 11) is 0. The summed E-state index contributed by atoms with van der Waals surface area (Å²) in [4.78, 5) is 38.9. The van der Waals surface area contributed by atoms with Gasteiger partial charge in [0, 0.05) is 6.07 Å². The van der Waals surface area contributed by atoms with Crippen molar-refractivity contribution < 1.29 is 14.7 Å². The molecule has 0 aliphatic rings. The number of nitrogens with zero attached hydrogens (tertiary/aromatic N) is 1. The van der Waals surface area contributed by atoms with E-state index in [2.05, 4.69) is 15.3 Å². The number of hydrogen-bond donors (Lipinski definition) is 3. The van der Waals surface area contributed by atoms with Crippen molar-refractivity contribution in [2.45, 2.75) is 19.4 Å². The number of rotatable bonds is 4. The van der Waals surface area contributed by atoms with Gasteiger partial charge in [-0.3, -0.25) is 9.59 Å². The normalized spacial score (nSPS) is 11.8. The number of aromatic amines is 1. The van der Waals surface area contributed by atoms with E-state index >= 15 is 0 Å². The van der Waals surface area contributed by atoms with Gasteiger partial charge in [0.15, 0.2) is 0 Å². The predicted octanol–water partition coefficient (Wildman–Crippen LogP) is -0.637. The van der Waals surface area contributed by atoms with Crippen LogP contribution in [-0.4, -0.2) is 33.0 Å². The van der Waals surface area contributed by atoms with Crippen molar-refractivity contribution >= 4 is 11.9 Å². The van der Waals surface area contributed by atoms with E-state index in [0.717, 1.165) is 12.4 Å². The molecule has 1 rings (SSSR count). The van der Waals surface area contributed by atoms with Crippen molar-refractivity contribution in [3.05, 3.63) is 28.4 Å². The Hall–Kier alpha value is -2.18. The maximum atomic E-state index is 11.5. The number of aliphatic carboxylic acids is 1. The number of aromatic nitrogens is 2. The summed E-state index contributed by atoms with van der Waals surface area (Å²) in [6.45, 7) is 1.63. The SMILES string of the molecule is CCC(NC(=O)c1cc(=O)[nH]cn1)C(=O)O. The molecule has 0 spiro atoms. The van der Waals surface area contributed by atoms with Gasteiger partial charge in [0.05, 0.1) is 6.33 Å². The first-order valence-electron chi connectivity index (χ1n) is 4.63. The molecule has 3 N–H and O–H groups in total. The number of carbonyl (C=O) groups excluding carboxylic acids is 1. The van der Waals surface area contributed by atoms with E-state index in [9.17, 15) is 14.4 Å². The third-order valence-electron chi connectivity index (χ3n) is 1.92. The van der Waals surface area contributed by atoms with Crippen molar-refractivity contribution in [1.82, 2.24) is 15.3 Å². The second kappa shape index (κ2) is 5.06. The molecule has 0 saturated heterocycles. The van der Waals surface area contributed by atoms with E-state index in [-0.39, 0.29) is 12.1 Å². The molecule has 0 saturated carbocycles. The maximum Gasteiger partial charge on any atom is 0.326 e. The van der Waals surface area contributed by atoms with Gasteiger partial charge in [-0.2, -0.15) is 0 Å². The van der Waals surface area contributed by atoms with Crippen LogP contribution in [0.4, 0.5) is 0 Å². The molecular weight excluding hydrogens is 214 g/mol. The molecule has 0 fully saturated rings. The highest BCUT2D eigenvalue weighted by Gasteiger charge is 2.19. The van der Waals surface area contributed by atoms with Crippen LogP contribution in [0.25, 0.3) is 0 Å². The zero-order chi connectivity index (χ0) is 12.1. The van der Waals surface area contributed by atoms with Gasteiger partial charge in [-0.1, -0.05) is 6.92 Å². The predicted molar refractivity (Wildman–Crippen MR) is 54.0 cm³/mol. The summed E-state index contributed by atoms with van der Waals surface area (Å²) < 4.78 is 0. The average molecular weight is 225 g/mol. The molecule has 0 radical (unpaired) electrons. The Bertz CT molecular complexity index is 454. The summed E-state index contributed by atoms with van der Waals surface area (Å²) in [5.74, 6) is -1.80. The molecule has 16 heavy (non-hydrogen) atoms. The van der Waals surface area contributed by atoms with Crippen molar-refractivity contribution in [2.24, 2.45) is 0 Å². The second-order valence-electron chi connectivity index (χ2n) is 3.07. The quantitative estimate of drug-likeness (QED) is 0.631. The Morgan fingerprint density at radius 3 is 2.81 bits per heavy atom. The summed E-state index contributed by atoms with van der Waals surface area (Å²) in [6, 6.07) is 0.0257. The molecule has 0 bridgehead atoms. The molecule has 1 aromatic rings. The Kier molecular flexibility index (Phi) is 3.76. The lowest BCUT2D eigenvalue weighted by atomic mass is 10.2. The minimum atomic E-state index is -1.12. The van der Waals surface area contributed by atoms with Gasteiger partial charge in [-0.25, -0.2) is 9.78 Å². The smallest absolute Gasteiger partial charge is 0.326 e. The van der Waals surface area contributed by atoms with Crippen molar-refractivity contribution in [2.75, 3.05) is 0 Å². The van der Waals surface area contributed by atoms with Gasteiger partial charge in [0.1, 0.15) is 11.7 Å². The Morgan fingerprint density at radius 2 is 2.31 bits per heavy atom. The van der Waals surface area contributed by atoms with E-state index in [1.807, 2.05) is 0 Å². The van der Waals surface area contributed by atoms with E-state index in [1.54, 1.807) is 6.92 Å².